The lowest BCUT2D eigenvalue weighted by Crippen LogP contribution is -2.47. The Morgan fingerprint density at radius 3 is 1.21 bits per heavy atom. The van der Waals surface area contributed by atoms with E-state index in [4.69, 9.17) is 52.6 Å². The van der Waals surface area contributed by atoms with Crippen molar-refractivity contribution in [3.8, 4) is 17.2 Å². The molecule has 0 aromatic heterocycles. The number of ether oxygens (including phenoxy) is 10. The zero-order valence-corrected chi connectivity index (χ0v) is 72.9. The minimum absolute atomic E-state index is 0.000556. The van der Waals surface area contributed by atoms with E-state index in [1.165, 1.54) is 28.4 Å². The molecule has 21 nitrogen and oxygen atoms in total. The van der Waals surface area contributed by atoms with E-state index >= 15 is 0 Å². The van der Waals surface area contributed by atoms with E-state index < -0.39 is 40.5 Å². The van der Waals surface area contributed by atoms with Gasteiger partial charge in [-0.2, -0.15) is 5.26 Å². The molecule has 2 atom stereocenters. The Morgan fingerprint density at radius 2 is 0.704 bits per heavy atom. The van der Waals surface area contributed by atoms with Crippen molar-refractivity contribution >= 4 is 62.8 Å². The Bertz CT molecular complexity index is 5600. The maximum atomic E-state index is 12.7. The van der Waals surface area contributed by atoms with Crippen molar-refractivity contribution in [3.05, 3.63) is 320 Å². The second-order valence-corrected chi connectivity index (χ2v) is 30.8. The van der Waals surface area contributed by atoms with Crippen molar-refractivity contribution in [2.45, 2.75) is 160 Å². The number of methoxy groups -OCH3 is 4. The molecule has 650 valence electrons. The van der Waals surface area contributed by atoms with Crippen LogP contribution in [0.5, 0.6) is 0 Å². The number of Topliss-reactive ketones (excluding diaryl/α,β-unsaturated/α-hetero) is 9. The highest BCUT2D eigenvalue weighted by Crippen LogP contribution is 2.46. The highest BCUT2D eigenvalue weighted by atomic mass is 16.7. The van der Waals surface area contributed by atoms with E-state index in [0.29, 0.717) is 94.0 Å². The average Bonchev–Trinajstić information content (AvgIpc) is 1.48. The molecule has 10 aromatic carbocycles. The number of aliphatic hydroxyl groups is 1. The van der Waals surface area contributed by atoms with Gasteiger partial charge in [-0.25, -0.2) is 0 Å². The highest BCUT2D eigenvalue weighted by Gasteiger charge is 2.52. The Kier molecular flexibility index (Phi) is 32.0. The first kappa shape index (κ1) is 94.2. The monoisotopic (exact) mass is 1690 g/mol. The molecule has 10 aromatic rings. The Morgan fingerprint density at radius 1 is 0.344 bits per heavy atom. The van der Waals surface area contributed by atoms with Gasteiger partial charge in [-0.05, 0) is 150 Å². The molecule has 21 heteroatoms. The second-order valence-electron chi connectivity index (χ2n) is 30.8. The third-order valence-electron chi connectivity index (χ3n) is 23.4. The van der Waals surface area contributed by atoms with Crippen LogP contribution in [0.4, 0.5) is 0 Å². The summed E-state index contributed by atoms with van der Waals surface area (Å²) in [6.45, 7) is 15.8. The highest BCUT2D eigenvalue weighted by molar-refractivity contribution is 6.47. The smallest absolute Gasteiger partial charge is 0.261 e. The maximum Gasteiger partial charge on any atom is 0.261 e. The molecule has 0 saturated carbocycles. The summed E-state index contributed by atoms with van der Waals surface area (Å²) in [7, 11) is 5.97. The number of hydrogen-bond acceptors (Lipinski definition) is 21. The fourth-order valence-electron chi connectivity index (χ4n) is 17.4. The fourth-order valence-corrected chi connectivity index (χ4v) is 17.4. The molecule has 125 heavy (non-hydrogen) atoms. The van der Waals surface area contributed by atoms with Crippen LogP contribution < -0.4 is 0 Å². The zero-order valence-electron chi connectivity index (χ0n) is 72.9. The van der Waals surface area contributed by atoms with Crippen LogP contribution in [-0.4, -0.2) is 148 Å². The lowest BCUT2D eigenvalue weighted by atomic mass is 9.80. The number of carbonyl (C=O) groups excluding carboxylic acids is 9. The van der Waals surface area contributed by atoms with Crippen molar-refractivity contribution in [3.63, 3.8) is 0 Å². The molecular weight excluding hydrogens is 1580 g/mol. The molecule has 8 aliphatic rings. The van der Waals surface area contributed by atoms with Gasteiger partial charge in [-0.3, -0.25) is 43.2 Å². The topological polar surface area (TPSA) is 290 Å². The van der Waals surface area contributed by atoms with Crippen LogP contribution in [-0.2, 0) is 102 Å². The number of fused-ring (bicyclic) bond motifs is 9. The van der Waals surface area contributed by atoms with Crippen LogP contribution >= 0.6 is 0 Å². The third kappa shape index (κ3) is 19.7. The number of carbonyl (C=O) groups is 9. The van der Waals surface area contributed by atoms with Gasteiger partial charge in [0.25, 0.3) is 11.6 Å². The van der Waals surface area contributed by atoms with Crippen LogP contribution in [0.3, 0.4) is 0 Å². The first-order chi connectivity index (χ1) is 60.4. The minimum Gasteiger partial charge on any atom is -0.382 e. The molecule has 0 fully saturated rings. The van der Waals surface area contributed by atoms with E-state index in [0.717, 1.165) is 127 Å². The van der Waals surface area contributed by atoms with Crippen LogP contribution in [0.2, 0.25) is 0 Å². The van der Waals surface area contributed by atoms with Gasteiger partial charge in [0.2, 0.25) is 57.8 Å². The minimum atomic E-state index is -1.34. The van der Waals surface area contributed by atoms with Gasteiger partial charge in [0.1, 0.15) is 11.5 Å². The predicted molar refractivity (Wildman–Crippen MR) is 473 cm³/mol. The average molecular weight is 1690 g/mol. The van der Waals surface area contributed by atoms with Crippen molar-refractivity contribution in [1.29, 1.82) is 5.26 Å². The molecule has 8 aliphatic carbocycles. The normalized spacial score (nSPS) is 18.5. The van der Waals surface area contributed by atoms with Crippen LogP contribution in [0.25, 0.3) is 21.9 Å². The molecule has 0 bridgehead atoms. The van der Waals surface area contributed by atoms with Gasteiger partial charge in [-0.15, -0.1) is 0 Å². The third-order valence-corrected chi connectivity index (χ3v) is 23.4. The maximum absolute atomic E-state index is 12.7. The number of aryl methyl sites for hydroxylation is 4. The lowest BCUT2D eigenvalue weighted by Gasteiger charge is -2.35. The van der Waals surface area contributed by atoms with E-state index in [2.05, 4.69) is 6.07 Å². The summed E-state index contributed by atoms with van der Waals surface area (Å²) in [4.78, 5) is 108. The van der Waals surface area contributed by atoms with E-state index in [-0.39, 0.29) is 58.5 Å². The number of nitrogens with zero attached hydrogens (tertiary/aromatic N) is 1. The standard InChI is InChI=1S/C16H14O3.C15H20O3.C14H12O3.C14H18O3.C13H16O3.C12H11NO.C11H12O2.C9H6O2/c1-18-16(19-2)14-10-6-5-8-12(14)11-7-3-4-9-13(11)15(16)17;1-3-17-15(18-4-2)11-7-9-12-8-5-6-10-13(12)14(15)16;1-16-14(17-2)11-8-4-6-9-5-3-7-10(12(9)11)13(14)15;1-3-16-14(17-4-2)10-9-11-7-5-6-8-12(11)13(14)15;1-3-15-13(16-4-2)9-10-7-5-6-8-11(10)12(13)14;13-8-10-6-3-5-9-4-1-2-7-11(9)12(10)14;1-11(13)7-6-8-4-2-3-5-9(8)10(11)12;10-8-5-6-3-1-2-4-7(6)9(8)11/h3-10H,1-2H3;5-6,8,10H,3-4,7,9,11H2,1-2H3;3-8H,1-2H3;5-8H,3-4,9-10H2,1-2H3;5-8H,3-4,9H2,1-2H3;1-2,4,7,10H,3,5-6H2;2-5,13H,6-7H2,1H3;1-4H,5H2. The Balaban J connectivity index is 0.000000139. The summed E-state index contributed by atoms with van der Waals surface area (Å²) in [5, 5.41) is 20.5. The molecular formula is C104H109NO20. The summed E-state index contributed by atoms with van der Waals surface area (Å²) in [6.07, 6.45) is 8.53. The van der Waals surface area contributed by atoms with E-state index in [1.807, 2.05) is 248 Å². The number of ketones is 9. The Labute approximate surface area is 730 Å². The van der Waals surface area contributed by atoms with Crippen LogP contribution in [0.1, 0.15) is 214 Å². The summed E-state index contributed by atoms with van der Waals surface area (Å²) in [5.74, 6) is -7.43. The second kappa shape index (κ2) is 42.5. The van der Waals surface area contributed by atoms with Crippen LogP contribution in [0, 0.1) is 17.2 Å². The summed E-state index contributed by atoms with van der Waals surface area (Å²) in [6, 6.07) is 74.0. The van der Waals surface area contributed by atoms with Gasteiger partial charge in [-0.1, -0.05) is 231 Å². The molecule has 0 aliphatic heterocycles. The zero-order chi connectivity index (χ0) is 89.7. The van der Waals surface area contributed by atoms with Crippen molar-refractivity contribution < 1.29 is 95.6 Å². The van der Waals surface area contributed by atoms with Crippen molar-refractivity contribution in [2.75, 3.05) is 68.1 Å². The number of benzene rings is 10. The van der Waals surface area contributed by atoms with E-state index in [1.54, 1.807) is 31.2 Å². The predicted octanol–water partition coefficient (Wildman–Crippen LogP) is 18.1. The van der Waals surface area contributed by atoms with E-state index in [9.17, 15) is 48.3 Å². The fraction of sp³-hybridized carbons (Fsp3) is 0.346. The first-order valence-corrected chi connectivity index (χ1v) is 42.7. The van der Waals surface area contributed by atoms with Gasteiger partial charge >= 0.3 is 0 Å². The summed E-state index contributed by atoms with van der Waals surface area (Å²) in [5.41, 5.74) is 14.0. The van der Waals surface area contributed by atoms with Gasteiger partial charge < -0.3 is 52.5 Å². The molecule has 0 spiro atoms. The molecule has 0 amide bonds. The number of hydrogen-bond donors (Lipinski definition) is 1. The number of nitriles is 1. The molecule has 0 heterocycles. The first-order valence-electron chi connectivity index (χ1n) is 42.7. The van der Waals surface area contributed by atoms with Crippen molar-refractivity contribution in [1.82, 2.24) is 0 Å². The van der Waals surface area contributed by atoms with Gasteiger partial charge in [0, 0.05) is 155 Å². The summed E-state index contributed by atoms with van der Waals surface area (Å²) >= 11 is 0. The van der Waals surface area contributed by atoms with Crippen LogP contribution in [0.15, 0.2) is 231 Å². The largest absolute Gasteiger partial charge is 0.382 e. The van der Waals surface area contributed by atoms with Crippen molar-refractivity contribution in [2.24, 2.45) is 5.92 Å². The molecule has 2 unspecified atom stereocenters. The quantitative estimate of drug-likeness (QED) is 0.0534. The van der Waals surface area contributed by atoms with Gasteiger partial charge in [0.05, 0.1) is 6.07 Å². The van der Waals surface area contributed by atoms with Gasteiger partial charge in [0.15, 0.2) is 11.6 Å². The molecule has 0 saturated heterocycles. The Hall–Kier alpha value is -11.5. The SMILES string of the molecule is CC1(O)CCc2ccccc2C1=O.CCOC1(OCC)CCCc2ccccc2C1=O.CCOC1(OCC)CCc2ccccc2C1=O.CCOC1(OCC)Cc2ccccc2C1=O.COC1(OC)C(=O)c2cccc3cccc1c23.COC1(OC)C(=O)c2ccccc2-c2ccccc21.N#CC1CCCc2ccccc2C1=O.O=C1Cc2ccccc2C1=O. The summed E-state index contributed by atoms with van der Waals surface area (Å²) < 4.78 is 55.3. The molecule has 1 N–H and O–H groups in total. The lowest BCUT2D eigenvalue weighted by molar-refractivity contribution is -0.201. The number of rotatable bonds is 16. The molecule has 0 radical (unpaired) electrons. The molecule has 18 rings (SSSR count).